The molecule has 1 aliphatic rings. The van der Waals surface area contributed by atoms with E-state index in [1.54, 1.807) is 23.5 Å². The van der Waals surface area contributed by atoms with Crippen molar-refractivity contribution in [2.45, 2.75) is 44.0 Å². The molecule has 3 N–H and O–H groups in total. The number of carbonyl (C=O) groups is 1. The fourth-order valence-corrected chi connectivity index (χ4v) is 4.74. The van der Waals surface area contributed by atoms with Crippen molar-refractivity contribution in [3.63, 3.8) is 0 Å². The van der Waals surface area contributed by atoms with Gasteiger partial charge in [0.2, 0.25) is 10.0 Å². The average molecular weight is 379 g/mol. The predicted molar refractivity (Wildman–Crippen MR) is 99.2 cm³/mol. The van der Waals surface area contributed by atoms with Gasteiger partial charge >= 0.3 is 0 Å². The van der Waals surface area contributed by atoms with Crippen molar-refractivity contribution in [1.82, 2.24) is 5.32 Å². The summed E-state index contributed by atoms with van der Waals surface area (Å²) in [6.07, 6.45) is 3.28. The summed E-state index contributed by atoms with van der Waals surface area (Å²) in [5, 5.41) is 8.08. The molecule has 25 heavy (non-hydrogen) atoms. The number of thiophene rings is 1. The van der Waals surface area contributed by atoms with Crippen LogP contribution in [0.5, 0.6) is 0 Å². The lowest BCUT2D eigenvalue weighted by Crippen LogP contribution is -2.26. The van der Waals surface area contributed by atoms with E-state index < -0.39 is 10.0 Å². The van der Waals surface area contributed by atoms with E-state index in [1.807, 2.05) is 13.0 Å². The first-order valence-electron chi connectivity index (χ1n) is 8.29. The number of hydrogen-bond donors (Lipinski definition) is 2. The van der Waals surface area contributed by atoms with Crippen molar-refractivity contribution in [2.24, 2.45) is 11.1 Å². The van der Waals surface area contributed by atoms with Crippen molar-refractivity contribution >= 4 is 27.3 Å². The Kier molecular flexibility index (Phi) is 4.99. The second-order valence-electron chi connectivity index (χ2n) is 6.72. The number of rotatable bonds is 4. The van der Waals surface area contributed by atoms with Crippen molar-refractivity contribution in [1.29, 1.82) is 0 Å². The van der Waals surface area contributed by atoms with Crippen LogP contribution in [0.2, 0.25) is 0 Å². The molecule has 0 saturated heterocycles. The maximum atomic E-state index is 12.5. The van der Waals surface area contributed by atoms with Crippen LogP contribution in [0.25, 0.3) is 0 Å². The van der Waals surface area contributed by atoms with E-state index in [1.165, 1.54) is 29.0 Å². The van der Waals surface area contributed by atoms with Gasteiger partial charge in [0.05, 0.1) is 15.8 Å². The Morgan fingerprint density at radius 3 is 2.64 bits per heavy atom. The summed E-state index contributed by atoms with van der Waals surface area (Å²) < 4.78 is 22.6. The minimum absolute atomic E-state index is 0.0647. The number of nitrogens with two attached hydrogens (primary N) is 1. The lowest BCUT2D eigenvalue weighted by atomic mass is 9.90. The lowest BCUT2D eigenvalue weighted by Gasteiger charge is -2.16. The quantitative estimate of drug-likeness (QED) is 0.857. The van der Waals surface area contributed by atoms with Crippen LogP contribution in [0.1, 0.15) is 52.0 Å². The number of fused-ring (bicyclic) bond motifs is 1. The highest BCUT2D eigenvalue weighted by Crippen LogP contribution is 2.32. The standard InChI is InChI=1S/C18H22N2O3S2/c1-11-3-8-16-14(9-11)10-17(24-16)18(21)20-12(2)13-4-6-15(7-5-13)25(19,22)23/h4-7,10-12H,3,8-9H2,1-2H3,(H,20,21)(H2,19,22,23). The molecule has 134 valence electrons. The van der Waals surface area contributed by atoms with Crippen LogP contribution in [-0.2, 0) is 22.9 Å². The van der Waals surface area contributed by atoms with Crippen LogP contribution < -0.4 is 10.5 Å². The molecule has 1 aromatic carbocycles. The van der Waals surface area contributed by atoms with Gasteiger partial charge in [-0.1, -0.05) is 19.1 Å². The summed E-state index contributed by atoms with van der Waals surface area (Å²) in [7, 11) is -3.70. The van der Waals surface area contributed by atoms with Gasteiger partial charge in [-0.3, -0.25) is 4.79 Å². The minimum atomic E-state index is -3.70. The summed E-state index contributed by atoms with van der Waals surface area (Å²) in [5.41, 5.74) is 2.13. The Bertz CT molecular complexity index is 886. The Labute approximate surface area is 152 Å². The molecular weight excluding hydrogens is 356 g/mol. The molecule has 1 amide bonds. The van der Waals surface area contributed by atoms with Gasteiger partial charge in [0.1, 0.15) is 0 Å². The van der Waals surface area contributed by atoms with Crippen molar-refractivity contribution in [3.8, 4) is 0 Å². The first kappa shape index (κ1) is 18.1. The van der Waals surface area contributed by atoms with E-state index in [2.05, 4.69) is 12.2 Å². The van der Waals surface area contributed by atoms with Crippen LogP contribution in [0, 0.1) is 5.92 Å². The zero-order valence-electron chi connectivity index (χ0n) is 14.3. The molecule has 2 unspecified atom stereocenters. The van der Waals surface area contributed by atoms with E-state index >= 15 is 0 Å². The molecule has 0 bridgehead atoms. The second-order valence-corrected chi connectivity index (χ2v) is 9.41. The molecule has 0 saturated carbocycles. The van der Waals surface area contributed by atoms with E-state index in [0.29, 0.717) is 5.92 Å². The Balaban J connectivity index is 1.70. The third-order valence-corrected chi connectivity index (χ3v) is 6.77. The second kappa shape index (κ2) is 6.90. The van der Waals surface area contributed by atoms with Crippen LogP contribution in [-0.4, -0.2) is 14.3 Å². The highest BCUT2D eigenvalue weighted by molar-refractivity contribution is 7.89. The first-order chi connectivity index (χ1) is 11.7. The normalized spacial score (nSPS) is 18.4. The lowest BCUT2D eigenvalue weighted by molar-refractivity contribution is 0.0944. The third kappa shape index (κ3) is 4.11. The van der Waals surface area contributed by atoms with E-state index in [-0.39, 0.29) is 16.8 Å². The molecule has 0 aliphatic heterocycles. The van der Waals surface area contributed by atoms with Gasteiger partial charge in [-0.05, 0) is 61.4 Å². The molecular formula is C18H22N2O3S2. The first-order valence-corrected chi connectivity index (χ1v) is 10.7. The number of aryl methyl sites for hydroxylation is 1. The predicted octanol–water partition coefficient (Wildman–Crippen LogP) is 3.01. The molecule has 5 nitrogen and oxygen atoms in total. The average Bonchev–Trinajstić information content (AvgIpc) is 2.97. The zero-order chi connectivity index (χ0) is 18.2. The largest absolute Gasteiger partial charge is 0.345 e. The van der Waals surface area contributed by atoms with Crippen LogP contribution in [0.3, 0.4) is 0 Å². The summed E-state index contributed by atoms with van der Waals surface area (Å²) in [5.74, 6) is 0.587. The van der Waals surface area contributed by atoms with Crippen molar-refractivity contribution < 1.29 is 13.2 Å². The van der Waals surface area contributed by atoms with Gasteiger partial charge in [0.25, 0.3) is 5.91 Å². The summed E-state index contributed by atoms with van der Waals surface area (Å²) in [6.45, 7) is 4.12. The van der Waals surface area contributed by atoms with Gasteiger partial charge in [-0.2, -0.15) is 0 Å². The number of benzene rings is 1. The zero-order valence-corrected chi connectivity index (χ0v) is 15.9. The molecule has 0 spiro atoms. The van der Waals surface area contributed by atoms with Crippen LogP contribution in [0.4, 0.5) is 0 Å². The smallest absolute Gasteiger partial charge is 0.261 e. The highest BCUT2D eigenvalue weighted by atomic mass is 32.2. The number of primary sulfonamides is 1. The summed E-state index contributed by atoms with van der Waals surface area (Å²) >= 11 is 1.58. The monoisotopic (exact) mass is 378 g/mol. The summed E-state index contributed by atoms with van der Waals surface area (Å²) in [6, 6.07) is 8.05. The number of amides is 1. The molecule has 2 atom stereocenters. The topological polar surface area (TPSA) is 89.3 Å². The number of hydrogen-bond acceptors (Lipinski definition) is 4. The fourth-order valence-electron chi connectivity index (χ4n) is 3.11. The van der Waals surface area contributed by atoms with Gasteiger partial charge < -0.3 is 5.32 Å². The molecule has 2 aromatic rings. The maximum absolute atomic E-state index is 12.5. The number of nitrogens with one attached hydrogen (secondary N) is 1. The van der Waals surface area contributed by atoms with Crippen LogP contribution >= 0.6 is 11.3 Å². The van der Waals surface area contributed by atoms with E-state index in [9.17, 15) is 13.2 Å². The molecule has 0 fully saturated rings. The Morgan fingerprint density at radius 1 is 1.32 bits per heavy atom. The molecule has 7 heteroatoms. The third-order valence-electron chi connectivity index (χ3n) is 4.61. The van der Waals surface area contributed by atoms with Crippen molar-refractivity contribution in [3.05, 3.63) is 51.2 Å². The molecule has 3 rings (SSSR count). The Hall–Kier alpha value is -1.70. The van der Waals surface area contributed by atoms with Gasteiger partial charge in [0.15, 0.2) is 0 Å². The van der Waals surface area contributed by atoms with Gasteiger partial charge in [0, 0.05) is 4.88 Å². The molecule has 1 heterocycles. The highest BCUT2D eigenvalue weighted by Gasteiger charge is 2.21. The van der Waals surface area contributed by atoms with E-state index in [4.69, 9.17) is 5.14 Å². The minimum Gasteiger partial charge on any atom is -0.345 e. The molecule has 1 aromatic heterocycles. The van der Waals surface area contributed by atoms with Gasteiger partial charge in [-0.15, -0.1) is 11.3 Å². The number of carbonyl (C=O) groups excluding carboxylic acids is 1. The maximum Gasteiger partial charge on any atom is 0.261 e. The summed E-state index contributed by atoms with van der Waals surface area (Å²) in [4.78, 5) is 14.7. The van der Waals surface area contributed by atoms with Crippen LogP contribution in [0.15, 0.2) is 35.2 Å². The SMILES string of the molecule is CC1CCc2sc(C(=O)NC(C)c3ccc(S(N)(=O)=O)cc3)cc2C1. The fraction of sp³-hybridized carbons (Fsp3) is 0.389. The number of sulfonamides is 1. The Morgan fingerprint density at radius 2 is 2.00 bits per heavy atom. The van der Waals surface area contributed by atoms with E-state index in [0.717, 1.165) is 23.3 Å². The van der Waals surface area contributed by atoms with Crippen molar-refractivity contribution in [2.75, 3.05) is 0 Å². The van der Waals surface area contributed by atoms with Gasteiger partial charge in [-0.25, -0.2) is 13.6 Å². The molecule has 0 radical (unpaired) electrons. The molecule has 1 aliphatic carbocycles.